The molecule has 29 heavy (non-hydrogen) atoms. The lowest BCUT2D eigenvalue weighted by Crippen LogP contribution is -2.07. The van der Waals surface area contributed by atoms with Gasteiger partial charge < -0.3 is 15.2 Å². The highest BCUT2D eigenvalue weighted by molar-refractivity contribution is 5.96. The highest BCUT2D eigenvalue weighted by atomic mass is 16.5. The van der Waals surface area contributed by atoms with Crippen LogP contribution >= 0.6 is 0 Å². The third kappa shape index (κ3) is 7.43. The summed E-state index contributed by atoms with van der Waals surface area (Å²) in [5.74, 6) is 1.55. The van der Waals surface area contributed by atoms with E-state index in [1.807, 2.05) is 68.5 Å². The number of hydrogen-bond donors (Lipinski definition) is 2. The fraction of sp³-hybridized carbons (Fsp3) is 0.240. The summed E-state index contributed by atoms with van der Waals surface area (Å²) in [4.78, 5) is 4.66. The molecule has 0 amide bonds. The number of hydrogen-bond acceptors (Lipinski definition) is 3. The SMILES string of the molecule is C=C(N=C(C)Nc1ccc(C)cc1)/C(=C\C=CC)c1ccc(OCCCO)cc1. The number of rotatable bonds is 9. The molecule has 2 aromatic rings. The second kappa shape index (κ2) is 11.7. The van der Waals surface area contributed by atoms with Gasteiger partial charge in [-0.25, -0.2) is 4.99 Å². The topological polar surface area (TPSA) is 53.9 Å². The highest BCUT2D eigenvalue weighted by Crippen LogP contribution is 2.25. The number of allylic oxidation sites excluding steroid dienone is 4. The van der Waals surface area contributed by atoms with E-state index in [2.05, 4.69) is 35.9 Å². The Morgan fingerprint density at radius 2 is 1.83 bits per heavy atom. The van der Waals surface area contributed by atoms with Crippen LogP contribution in [0.1, 0.15) is 31.4 Å². The molecular weight excluding hydrogens is 360 g/mol. The maximum absolute atomic E-state index is 8.86. The van der Waals surface area contributed by atoms with Crippen molar-refractivity contribution in [3.63, 3.8) is 0 Å². The number of aryl methyl sites for hydroxylation is 1. The van der Waals surface area contributed by atoms with Crippen molar-refractivity contribution in [2.45, 2.75) is 27.2 Å². The lowest BCUT2D eigenvalue weighted by Gasteiger charge is -2.11. The molecule has 0 bridgehead atoms. The molecule has 0 aliphatic heterocycles. The molecule has 2 rings (SSSR count). The molecule has 2 N–H and O–H groups in total. The molecule has 4 heteroatoms. The van der Waals surface area contributed by atoms with Crippen LogP contribution in [0.4, 0.5) is 5.69 Å². The molecule has 152 valence electrons. The lowest BCUT2D eigenvalue weighted by atomic mass is 10.0. The number of aliphatic imine (C=N–C) groups is 1. The highest BCUT2D eigenvalue weighted by Gasteiger charge is 2.07. The zero-order valence-corrected chi connectivity index (χ0v) is 17.5. The molecule has 0 saturated heterocycles. The Labute approximate surface area is 174 Å². The minimum absolute atomic E-state index is 0.127. The monoisotopic (exact) mass is 390 g/mol. The van der Waals surface area contributed by atoms with Crippen molar-refractivity contribution in [1.29, 1.82) is 0 Å². The predicted molar refractivity (Wildman–Crippen MR) is 123 cm³/mol. The smallest absolute Gasteiger partial charge is 0.119 e. The molecule has 0 fully saturated rings. The second-order valence-electron chi connectivity index (χ2n) is 6.69. The van der Waals surface area contributed by atoms with Crippen molar-refractivity contribution in [3.05, 3.63) is 90.2 Å². The lowest BCUT2D eigenvalue weighted by molar-refractivity contribution is 0.233. The van der Waals surface area contributed by atoms with E-state index in [0.717, 1.165) is 28.4 Å². The van der Waals surface area contributed by atoms with Crippen LogP contribution in [0.3, 0.4) is 0 Å². The summed E-state index contributed by atoms with van der Waals surface area (Å²) < 4.78 is 5.61. The van der Waals surface area contributed by atoms with E-state index in [1.54, 1.807) is 0 Å². The van der Waals surface area contributed by atoms with Crippen molar-refractivity contribution in [2.75, 3.05) is 18.5 Å². The normalized spacial score (nSPS) is 12.3. The molecule has 0 aliphatic carbocycles. The van der Waals surface area contributed by atoms with Crippen LogP contribution < -0.4 is 10.1 Å². The van der Waals surface area contributed by atoms with E-state index >= 15 is 0 Å². The molecule has 4 nitrogen and oxygen atoms in total. The third-order valence-electron chi connectivity index (χ3n) is 4.18. The average molecular weight is 391 g/mol. The molecule has 0 unspecified atom stereocenters. The minimum atomic E-state index is 0.127. The largest absolute Gasteiger partial charge is 0.494 e. The Morgan fingerprint density at radius 1 is 1.14 bits per heavy atom. The van der Waals surface area contributed by atoms with Crippen molar-refractivity contribution < 1.29 is 9.84 Å². The molecular formula is C25H30N2O2. The summed E-state index contributed by atoms with van der Waals surface area (Å²) >= 11 is 0. The minimum Gasteiger partial charge on any atom is -0.494 e. The quantitative estimate of drug-likeness (QED) is 0.248. The predicted octanol–water partition coefficient (Wildman–Crippen LogP) is 5.76. The maximum Gasteiger partial charge on any atom is 0.119 e. The molecule has 0 atom stereocenters. The molecule has 0 spiro atoms. The van der Waals surface area contributed by atoms with Crippen LogP contribution in [-0.4, -0.2) is 24.2 Å². The van der Waals surface area contributed by atoms with Crippen molar-refractivity contribution in [2.24, 2.45) is 4.99 Å². The van der Waals surface area contributed by atoms with Gasteiger partial charge in [-0.15, -0.1) is 0 Å². The Morgan fingerprint density at radius 3 is 2.45 bits per heavy atom. The van der Waals surface area contributed by atoms with E-state index in [4.69, 9.17) is 9.84 Å². The number of nitrogens with one attached hydrogen (secondary N) is 1. The molecule has 0 heterocycles. The van der Waals surface area contributed by atoms with Crippen LogP contribution in [0.15, 0.2) is 84.0 Å². The van der Waals surface area contributed by atoms with Gasteiger partial charge in [-0.05, 0) is 50.6 Å². The van der Waals surface area contributed by atoms with Gasteiger partial charge in [-0.1, -0.05) is 54.6 Å². The number of aliphatic hydroxyl groups is 1. The first-order valence-corrected chi connectivity index (χ1v) is 9.79. The van der Waals surface area contributed by atoms with Gasteiger partial charge in [0.05, 0.1) is 12.3 Å². The number of aliphatic hydroxyl groups excluding tert-OH is 1. The Balaban J connectivity index is 2.16. The van der Waals surface area contributed by atoms with Crippen LogP contribution in [0.2, 0.25) is 0 Å². The average Bonchev–Trinajstić information content (AvgIpc) is 2.71. The zero-order valence-electron chi connectivity index (χ0n) is 17.5. The second-order valence-corrected chi connectivity index (χ2v) is 6.69. The third-order valence-corrected chi connectivity index (χ3v) is 4.18. The number of amidine groups is 1. The zero-order chi connectivity index (χ0) is 21.1. The van der Waals surface area contributed by atoms with Crippen molar-refractivity contribution >= 4 is 17.1 Å². The van der Waals surface area contributed by atoms with Crippen LogP contribution in [0.25, 0.3) is 5.57 Å². The van der Waals surface area contributed by atoms with Crippen LogP contribution in [-0.2, 0) is 0 Å². The molecule has 2 aromatic carbocycles. The number of anilines is 1. The van der Waals surface area contributed by atoms with Gasteiger partial charge in [0.15, 0.2) is 0 Å². The van der Waals surface area contributed by atoms with Gasteiger partial charge in [0.25, 0.3) is 0 Å². The summed E-state index contributed by atoms with van der Waals surface area (Å²) in [6.45, 7) is 10.8. The fourth-order valence-electron chi connectivity index (χ4n) is 2.67. The first kappa shape index (κ1) is 22.2. The summed E-state index contributed by atoms with van der Waals surface area (Å²) in [7, 11) is 0. The first-order valence-electron chi connectivity index (χ1n) is 9.79. The standard InChI is InChI=1S/C25H30N2O2/c1-5-6-8-25(22-11-15-24(16-12-22)29-18-7-17-28)20(3)26-21(4)27-23-13-9-19(2)10-14-23/h5-6,8-16,28H,3,7,17-18H2,1-2,4H3,(H,26,27)/b6-5?,25-8+. The number of ether oxygens (including phenoxy) is 1. The van der Waals surface area contributed by atoms with Crippen LogP contribution in [0, 0.1) is 6.92 Å². The van der Waals surface area contributed by atoms with Gasteiger partial charge in [0, 0.05) is 24.3 Å². The van der Waals surface area contributed by atoms with Crippen LogP contribution in [0.5, 0.6) is 5.75 Å². The van der Waals surface area contributed by atoms with E-state index in [0.29, 0.717) is 18.7 Å². The molecule has 0 aromatic heterocycles. The number of benzene rings is 2. The van der Waals surface area contributed by atoms with E-state index in [1.165, 1.54) is 5.56 Å². The number of nitrogens with zero attached hydrogens (tertiary/aromatic N) is 1. The maximum atomic E-state index is 8.86. The summed E-state index contributed by atoms with van der Waals surface area (Å²) in [6.07, 6.45) is 6.57. The summed E-state index contributed by atoms with van der Waals surface area (Å²) in [5, 5.41) is 12.2. The van der Waals surface area contributed by atoms with E-state index in [9.17, 15) is 0 Å². The van der Waals surface area contributed by atoms with Gasteiger partial charge in [-0.3, -0.25) is 0 Å². The van der Waals surface area contributed by atoms with Gasteiger partial charge in [0.1, 0.15) is 11.6 Å². The van der Waals surface area contributed by atoms with Gasteiger partial charge in [-0.2, -0.15) is 0 Å². The molecule has 0 aliphatic rings. The van der Waals surface area contributed by atoms with Gasteiger partial charge in [0.2, 0.25) is 0 Å². The Kier molecular flexibility index (Phi) is 8.93. The van der Waals surface area contributed by atoms with Crippen molar-refractivity contribution in [1.82, 2.24) is 0 Å². The van der Waals surface area contributed by atoms with Gasteiger partial charge >= 0.3 is 0 Å². The Bertz CT molecular complexity index is 876. The Hall–Kier alpha value is -3.11. The van der Waals surface area contributed by atoms with E-state index in [-0.39, 0.29) is 6.61 Å². The van der Waals surface area contributed by atoms with E-state index < -0.39 is 0 Å². The van der Waals surface area contributed by atoms with Crippen molar-refractivity contribution in [3.8, 4) is 5.75 Å². The summed E-state index contributed by atoms with van der Waals surface area (Å²) in [6, 6.07) is 16.0. The molecule has 0 saturated carbocycles. The fourth-order valence-corrected chi connectivity index (χ4v) is 2.67. The molecule has 0 radical (unpaired) electrons. The first-order chi connectivity index (χ1) is 14.0. The summed E-state index contributed by atoms with van der Waals surface area (Å²) in [5.41, 5.74) is 4.83.